The second-order valence-corrected chi connectivity index (χ2v) is 5.71. The average Bonchev–Trinajstić information content (AvgIpc) is 3.12. The van der Waals surface area contributed by atoms with Crippen LogP contribution in [0.15, 0.2) is 77.4 Å². The summed E-state index contributed by atoms with van der Waals surface area (Å²) < 4.78 is 11.2. The van der Waals surface area contributed by atoms with Gasteiger partial charge in [0.15, 0.2) is 0 Å². The van der Waals surface area contributed by atoms with Gasteiger partial charge in [-0.25, -0.2) is 0 Å². The fraction of sp³-hybridized carbons (Fsp3) is 0.238. The van der Waals surface area contributed by atoms with Crippen LogP contribution in [0.4, 0.5) is 0 Å². The summed E-state index contributed by atoms with van der Waals surface area (Å²) in [5.41, 5.74) is 2.52. The van der Waals surface area contributed by atoms with Gasteiger partial charge in [0.05, 0.1) is 6.26 Å². The van der Waals surface area contributed by atoms with E-state index in [9.17, 15) is 0 Å². The monoisotopic (exact) mass is 306 g/mol. The van der Waals surface area contributed by atoms with Gasteiger partial charge in [-0.3, -0.25) is 0 Å². The van der Waals surface area contributed by atoms with E-state index in [1.807, 2.05) is 36.4 Å². The first-order valence-electron chi connectivity index (χ1n) is 8.18. The van der Waals surface area contributed by atoms with Gasteiger partial charge in [0.1, 0.15) is 18.1 Å². The van der Waals surface area contributed by atoms with E-state index < -0.39 is 0 Å². The SMILES string of the molecule is c1ccc(COc2cccc(CCCCc3ccco3)c2)cc1. The Bertz CT molecular complexity index is 687. The van der Waals surface area contributed by atoms with E-state index >= 15 is 0 Å². The summed E-state index contributed by atoms with van der Waals surface area (Å²) in [5.74, 6) is 2.02. The van der Waals surface area contributed by atoms with Gasteiger partial charge in [0, 0.05) is 6.42 Å². The lowest BCUT2D eigenvalue weighted by Gasteiger charge is -2.08. The van der Waals surface area contributed by atoms with Gasteiger partial charge in [-0.05, 0) is 54.7 Å². The van der Waals surface area contributed by atoms with Crippen molar-refractivity contribution in [1.82, 2.24) is 0 Å². The van der Waals surface area contributed by atoms with Crippen LogP contribution in [0.2, 0.25) is 0 Å². The quantitative estimate of drug-likeness (QED) is 0.518. The zero-order chi connectivity index (χ0) is 15.7. The molecule has 2 aromatic carbocycles. The summed E-state index contributed by atoms with van der Waals surface area (Å²) >= 11 is 0. The molecule has 0 N–H and O–H groups in total. The van der Waals surface area contributed by atoms with Crippen molar-refractivity contribution in [2.24, 2.45) is 0 Å². The van der Waals surface area contributed by atoms with Crippen molar-refractivity contribution >= 4 is 0 Å². The highest BCUT2D eigenvalue weighted by atomic mass is 16.5. The molecule has 2 nitrogen and oxygen atoms in total. The third-order valence-electron chi connectivity index (χ3n) is 3.87. The highest BCUT2D eigenvalue weighted by molar-refractivity contribution is 5.29. The zero-order valence-corrected chi connectivity index (χ0v) is 13.3. The van der Waals surface area contributed by atoms with Crippen molar-refractivity contribution < 1.29 is 9.15 Å². The van der Waals surface area contributed by atoms with E-state index in [4.69, 9.17) is 9.15 Å². The molecule has 0 amide bonds. The Balaban J connectivity index is 1.45. The molecule has 1 heterocycles. The third-order valence-corrected chi connectivity index (χ3v) is 3.87. The Morgan fingerprint density at radius 2 is 1.57 bits per heavy atom. The predicted molar refractivity (Wildman–Crippen MR) is 92.6 cm³/mol. The Morgan fingerprint density at radius 3 is 2.39 bits per heavy atom. The van der Waals surface area contributed by atoms with Gasteiger partial charge in [-0.2, -0.15) is 0 Å². The average molecular weight is 306 g/mol. The number of unbranched alkanes of at least 4 members (excludes halogenated alkanes) is 1. The molecule has 0 spiro atoms. The second-order valence-electron chi connectivity index (χ2n) is 5.71. The second kappa shape index (κ2) is 8.23. The Kier molecular flexibility index (Phi) is 5.52. The van der Waals surface area contributed by atoms with Crippen LogP contribution >= 0.6 is 0 Å². The summed E-state index contributed by atoms with van der Waals surface area (Å²) in [7, 11) is 0. The molecule has 0 unspecified atom stereocenters. The Labute approximate surface area is 137 Å². The summed E-state index contributed by atoms with van der Waals surface area (Å²) in [6, 6.07) is 22.7. The number of aryl methyl sites for hydroxylation is 2. The van der Waals surface area contributed by atoms with E-state index in [0.717, 1.165) is 37.2 Å². The van der Waals surface area contributed by atoms with Crippen molar-refractivity contribution in [3.05, 3.63) is 89.9 Å². The molecule has 2 heteroatoms. The number of ether oxygens (including phenoxy) is 1. The highest BCUT2D eigenvalue weighted by Crippen LogP contribution is 2.17. The molecule has 0 bridgehead atoms. The summed E-state index contributed by atoms with van der Waals surface area (Å²) in [6.45, 7) is 0.614. The molecule has 0 radical (unpaired) electrons. The van der Waals surface area contributed by atoms with Gasteiger partial charge >= 0.3 is 0 Å². The van der Waals surface area contributed by atoms with Crippen LogP contribution in [0.1, 0.15) is 29.7 Å². The standard InChI is InChI=1S/C21H22O2/c1-2-9-19(10-3-1)17-23-21-13-6-11-18(16-21)8-4-5-12-20-14-7-15-22-20/h1-3,6-7,9-11,13-16H,4-5,8,12,17H2. The molecule has 1 aromatic heterocycles. The number of furan rings is 1. The smallest absolute Gasteiger partial charge is 0.120 e. The minimum atomic E-state index is 0.614. The van der Waals surface area contributed by atoms with E-state index in [-0.39, 0.29) is 0 Å². The van der Waals surface area contributed by atoms with Crippen molar-refractivity contribution in [3.63, 3.8) is 0 Å². The molecule has 0 atom stereocenters. The molecule has 118 valence electrons. The van der Waals surface area contributed by atoms with Crippen LogP contribution < -0.4 is 4.74 Å². The van der Waals surface area contributed by atoms with Crippen molar-refractivity contribution in [3.8, 4) is 5.75 Å². The largest absolute Gasteiger partial charge is 0.489 e. The minimum absolute atomic E-state index is 0.614. The number of rotatable bonds is 8. The third kappa shape index (κ3) is 5.03. The van der Waals surface area contributed by atoms with E-state index in [2.05, 4.69) is 30.3 Å². The maximum atomic E-state index is 5.88. The van der Waals surface area contributed by atoms with Crippen molar-refractivity contribution in [1.29, 1.82) is 0 Å². The molecule has 3 aromatic rings. The van der Waals surface area contributed by atoms with Crippen LogP contribution in [0.3, 0.4) is 0 Å². The van der Waals surface area contributed by atoms with Crippen molar-refractivity contribution in [2.75, 3.05) is 0 Å². The lowest BCUT2D eigenvalue weighted by molar-refractivity contribution is 0.306. The van der Waals surface area contributed by atoms with Gasteiger partial charge in [-0.1, -0.05) is 42.5 Å². The van der Waals surface area contributed by atoms with Crippen LogP contribution in [0, 0.1) is 0 Å². The molecular formula is C21H22O2. The summed E-state index contributed by atoms with van der Waals surface area (Å²) in [6.07, 6.45) is 6.12. The number of hydrogen-bond donors (Lipinski definition) is 0. The molecule has 0 saturated carbocycles. The number of benzene rings is 2. The molecule has 0 aliphatic heterocycles. The van der Waals surface area contributed by atoms with Gasteiger partial charge in [-0.15, -0.1) is 0 Å². The first kappa shape index (κ1) is 15.4. The van der Waals surface area contributed by atoms with Crippen LogP contribution in [0.5, 0.6) is 5.75 Å². The zero-order valence-electron chi connectivity index (χ0n) is 13.3. The van der Waals surface area contributed by atoms with E-state index in [1.165, 1.54) is 11.1 Å². The van der Waals surface area contributed by atoms with Crippen LogP contribution in [-0.2, 0) is 19.4 Å². The summed E-state index contributed by atoms with van der Waals surface area (Å²) in [5, 5.41) is 0. The molecular weight excluding hydrogens is 284 g/mol. The summed E-state index contributed by atoms with van der Waals surface area (Å²) in [4.78, 5) is 0. The highest BCUT2D eigenvalue weighted by Gasteiger charge is 2.00. The maximum absolute atomic E-state index is 5.88. The molecule has 23 heavy (non-hydrogen) atoms. The molecule has 0 fully saturated rings. The maximum Gasteiger partial charge on any atom is 0.120 e. The Hall–Kier alpha value is -2.48. The first-order valence-corrected chi connectivity index (χ1v) is 8.18. The fourth-order valence-corrected chi connectivity index (χ4v) is 2.61. The number of hydrogen-bond acceptors (Lipinski definition) is 2. The van der Waals surface area contributed by atoms with Gasteiger partial charge in [0.2, 0.25) is 0 Å². The van der Waals surface area contributed by atoms with Crippen LogP contribution in [0.25, 0.3) is 0 Å². The lowest BCUT2D eigenvalue weighted by Crippen LogP contribution is -1.96. The van der Waals surface area contributed by atoms with Gasteiger partial charge < -0.3 is 9.15 Å². The molecule has 0 aliphatic rings. The topological polar surface area (TPSA) is 22.4 Å². The minimum Gasteiger partial charge on any atom is -0.489 e. The van der Waals surface area contributed by atoms with Crippen LogP contribution in [-0.4, -0.2) is 0 Å². The lowest BCUT2D eigenvalue weighted by atomic mass is 10.1. The molecule has 3 rings (SSSR count). The first-order chi connectivity index (χ1) is 11.4. The van der Waals surface area contributed by atoms with E-state index in [1.54, 1.807) is 6.26 Å². The molecule has 0 aliphatic carbocycles. The predicted octanol–water partition coefficient (Wildman–Crippen LogP) is 5.42. The van der Waals surface area contributed by atoms with Gasteiger partial charge in [0.25, 0.3) is 0 Å². The molecule has 0 saturated heterocycles. The van der Waals surface area contributed by atoms with Crippen molar-refractivity contribution in [2.45, 2.75) is 32.3 Å². The normalized spacial score (nSPS) is 10.6. The Morgan fingerprint density at radius 1 is 0.739 bits per heavy atom. The van der Waals surface area contributed by atoms with E-state index in [0.29, 0.717) is 6.61 Å². The fourth-order valence-electron chi connectivity index (χ4n) is 2.61.